The van der Waals surface area contributed by atoms with Crippen LogP contribution in [0.3, 0.4) is 0 Å². The monoisotopic (exact) mass is 337 g/mol. The summed E-state index contributed by atoms with van der Waals surface area (Å²) in [4.78, 5) is 12.0. The van der Waals surface area contributed by atoms with Crippen LogP contribution >= 0.6 is 15.9 Å². The van der Waals surface area contributed by atoms with Gasteiger partial charge in [-0.1, -0.05) is 22.0 Å². The molecule has 106 valence electrons. The van der Waals surface area contributed by atoms with E-state index >= 15 is 0 Å². The fraction of sp³-hybridized carbons (Fsp3) is 0.286. The van der Waals surface area contributed by atoms with Crippen molar-refractivity contribution in [3.63, 3.8) is 0 Å². The Morgan fingerprint density at radius 1 is 1.50 bits per heavy atom. The number of aryl methyl sites for hydroxylation is 1. The zero-order valence-corrected chi connectivity index (χ0v) is 13.1. The number of hydrogen-bond donors (Lipinski definition) is 1. The molecule has 20 heavy (non-hydrogen) atoms. The van der Waals surface area contributed by atoms with E-state index < -0.39 is 6.04 Å². The molecule has 0 amide bonds. The van der Waals surface area contributed by atoms with Gasteiger partial charge in [0, 0.05) is 28.5 Å². The van der Waals surface area contributed by atoms with Gasteiger partial charge in [0.15, 0.2) is 6.04 Å². The Hall–Kier alpha value is -1.82. The van der Waals surface area contributed by atoms with Gasteiger partial charge in [-0.05, 0) is 25.1 Å². The number of nitrogens with zero attached hydrogens (tertiary/aromatic N) is 2. The molecule has 1 atom stereocenters. The molecule has 1 aromatic carbocycles. The summed E-state index contributed by atoms with van der Waals surface area (Å²) in [7, 11) is 3.22. The van der Waals surface area contributed by atoms with Crippen molar-refractivity contribution >= 4 is 27.6 Å². The van der Waals surface area contributed by atoms with Crippen LogP contribution in [0, 0.1) is 6.92 Å². The second-order valence-corrected chi connectivity index (χ2v) is 5.34. The van der Waals surface area contributed by atoms with Gasteiger partial charge in [-0.2, -0.15) is 5.10 Å². The zero-order valence-electron chi connectivity index (χ0n) is 11.6. The van der Waals surface area contributed by atoms with Gasteiger partial charge >= 0.3 is 5.97 Å². The number of nitrogens with one attached hydrogen (secondary N) is 1. The van der Waals surface area contributed by atoms with Crippen molar-refractivity contribution in [1.82, 2.24) is 9.78 Å². The quantitative estimate of drug-likeness (QED) is 0.871. The molecule has 0 aliphatic rings. The molecule has 0 saturated heterocycles. The molecular weight excluding hydrogens is 322 g/mol. The Morgan fingerprint density at radius 3 is 2.80 bits per heavy atom. The number of benzene rings is 1. The van der Waals surface area contributed by atoms with E-state index in [1.807, 2.05) is 38.2 Å². The smallest absolute Gasteiger partial charge is 0.333 e. The van der Waals surface area contributed by atoms with Crippen molar-refractivity contribution in [2.24, 2.45) is 7.05 Å². The summed E-state index contributed by atoms with van der Waals surface area (Å²) in [6, 6.07) is 7.04. The number of esters is 1. The Bertz CT molecular complexity index is 625. The third kappa shape index (κ3) is 3.01. The highest BCUT2D eigenvalue weighted by atomic mass is 79.9. The average molecular weight is 338 g/mol. The Kier molecular flexibility index (Phi) is 4.44. The molecule has 1 unspecified atom stereocenters. The highest BCUT2D eigenvalue weighted by Gasteiger charge is 2.25. The number of anilines is 1. The number of rotatable bonds is 4. The van der Waals surface area contributed by atoms with Gasteiger partial charge in [0.2, 0.25) is 0 Å². The zero-order chi connectivity index (χ0) is 14.7. The van der Waals surface area contributed by atoms with E-state index in [-0.39, 0.29) is 5.97 Å². The normalized spacial score (nSPS) is 12.0. The van der Waals surface area contributed by atoms with Gasteiger partial charge in [-0.25, -0.2) is 4.79 Å². The van der Waals surface area contributed by atoms with Gasteiger partial charge in [-0.3, -0.25) is 4.68 Å². The number of halogens is 1. The molecule has 0 radical (unpaired) electrons. The van der Waals surface area contributed by atoms with Crippen molar-refractivity contribution < 1.29 is 9.53 Å². The van der Waals surface area contributed by atoms with E-state index in [1.165, 1.54) is 7.11 Å². The van der Waals surface area contributed by atoms with E-state index in [4.69, 9.17) is 4.74 Å². The second kappa shape index (κ2) is 6.09. The van der Waals surface area contributed by atoms with Crippen LogP contribution in [0.15, 0.2) is 34.9 Å². The maximum atomic E-state index is 12.0. The van der Waals surface area contributed by atoms with E-state index in [2.05, 4.69) is 26.3 Å². The van der Waals surface area contributed by atoms with Crippen molar-refractivity contribution in [1.29, 1.82) is 0 Å². The van der Waals surface area contributed by atoms with Crippen LogP contribution in [-0.4, -0.2) is 22.9 Å². The Morgan fingerprint density at radius 2 is 2.25 bits per heavy atom. The first kappa shape index (κ1) is 14.6. The number of carbonyl (C=O) groups excluding carboxylic acids is 1. The standard InChI is InChI=1S/C14H16BrN3O2/c1-9-12(8-16-18(9)2)13(14(19)20-3)17-11-6-4-5-10(15)7-11/h4-8,13,17H,1-3H3. The summed E-state index contributed by atoms with van der Waals surface area (Å²) in [5, 5.41) is 7.36. The molecule has 6 heteroatoms. The molecule has 1 aromatic heterocycles. The van der Waals surface area contributed by atoms with E-state index in [9.17, 15) is 4.79 Å². The maximum absolute atomic E-state index is 12.0. The molecule has 0 aliphatic carbocycles. The molecule has 5 nitrogen and oxygen atoms in total. The summed E-state index contributed by atoms with van der Waals surface area (Å²) < 4.78 is 7.55. The van der Waals surface area contributed by atoms with Crippen molar-refractivity contribution in [3.8, 4) is 0 Å². The van der Waals surface area contributed by atoms with Gasteiger partial charge in [0.05, 0.1) is 13.3 Å². The number of hydrogen-bond acceptors (Lipinski definition) is 4. The third-order valence-corrected chi connectivity index (χ3v) is 3.65. The topological polar surface area (TPSA) is 56.1 Å². The maximum Gasteiger partial charge on any atom is 0.333 e. The largest absolute Gasteiger partial charge is 0.467 e. The number of ether oxygens (including phenoxy) is 1. The van der Waals surface area contributed by atoms with Crippen LogP contribution in [0.5, 0.6) is 0 Å². The highest BCUT2D eigenvalue weighted by Crippen LogP contribution is 2.25. The molecule has 0 spiro atoms. The lowest BCUT2D eigenvalue weighted by Gasteiger charge is -2.17. The summed E-state index contributed by atoms with van der Waals surface area (Å²) in [5.74, 6) is -0.346. The molecule has 0 aliphatic heterocycles. The molecule has 1 heterocycles. The predicted molar refractivity (Wildman–Crippen MR) is 80.5 cm³/mol. The van der Waals surface area contributed by atoms with Crippen LogP contribution in [-0.2, 0) is 16.6 Å². The molecule has 2 rings (SSSR count). The lowest BCUT2D eigenvalue weighted by Crippen LogP contribution is -2.22. The van der Waals surface area contributed by atoms with E-state index in [1.54, 1.807) is 10.9 Å². The lowest BCUT2D eigenvalue weighted by molar-refractivity contribution is -0.141. The minimum Gasteiger partial charge on any atom is -0.467 e. The average Bonchev–Trinajstić information content (AvgIpc) is 2.76. The van der Waals surface area contributed by atoms with Crippen molar-refractivity contribution in [2.45, 2.75) is 13.0 Å². The fourth-order valence-electron chi connectivity index (χ4n) is 1.93. The molecule has 2 aromatic rings. The van der Waals surface area contributed by atoms with Crippen molar-refractivity contribution in [3.05, 3.63) is 46.2 Å². The summed E-state index contributed by atoms with van der Waals surface area (Å²) in [6.07, 6.45) is 1.68. The molecular formula is C14H16BrN3O2. The summed E-state index contributed by atoms with van der Waals surface area (Å²) in [5.41, 5.74) is 2.56. The van der Waals surface area contributed by atoms with Crippen LogP contribution < -0.4 is 5.32 Å². The molecule has 0 bridgehead atoms. The van der Waals surface area contributed by atoms with Crippen LogP contribution in [0.2, 0.25) is 0 Å². The first-order chi connectivity index (χ1) is 9.52. The molecule has 0 saturated carbocycles. The van der Waals surface area contributed by atoms with Crippen LogP contribution in [0.25, 0.3) is 0 Å². The predicted octanol–water partition coefficient (Wildman–Crippen LogP) is 2.82. The van der Waals surface area contributed by atoms with Gasteiger partial charge in [0.1, 0.15) is 0 Å². The van der Waals surface area contributed by atoms with Gasteiger partial charge in [-0.15, -0.1) is 0 Å². The Labute approximate surface area is 126 Å². The number of methoxy groups -OCH3 is 1. The van der Waals surface area contributed by atoms with Gasteiger partial charge < -0.3 is 10.1 Å². The highest BCUT2D eigenvalue weighted by molar-refractivity contribution is 9.10. The first-order valence-electron chi connectivity index (χ1n) is 6.11. The molecule has 0 fully saturated rings. The van der Waals surface area contributed by atoms with E-state index in [0.717, 1.165) is 21.4 Å². The van der Waals surface area contributed by atoms with Crippen LogP contribution in [0.1, 0.15) is 17.3 Å². The Balaban J connectivity index is 2.34. The second-order valence-electron chi connectivity index (χ2n) is 4.42. The SMILES string of the molecule is COC(=O)C(Nc1cccc(Br)c1)c1cnn(C)c1C. The molecule has 1 N–H and O–H groups in total. The minimum absolute atomic E-state index is 0.346. The first-order valence-corrected chi connectivity index (χ1v) is 6.90. The summed E-state index contributed by atoms with van der Waals surface area (Å²) in [6.45, 7) is 1.92. The van der Waals surface area contributed by atoms with E-state index in [0.29, 0.717) is 0 Å². The lowest BCUT2D eigenvalue weighted by atomic mass is 10.1. The fourth-order valence-corrected chi connectivity index (χ4v) is 2.32. The number of carbonyl (C=O) groups is 1. The van der Waals surface area contributed by atoms with Crippen molar-refractivity contribution in [2.75, 3.05) is 12.4 Å². The third-order valence-electron chi connectivity index (χ3n) is 3.16. The van der Waals surface area contributed by atoms with Crippen LogP contribution in [0.4, 0.5) is 5.69 Å². The minimum atomic E-state index is -0.581. The summed E-state index contributed by atoms with van der Waals surface area (Å²) >= 11 is 3.41. The van der Waals surface area contributed by atoms with Gasteiger partial charge in [0.25, 0.3) is 0 Å². The number of aromatic nitrogens is 2.